The van der Waals surface area contributed by atoms with Gasteiger partial charge in [-0.05, 0) is 25.1 Å². The summed E-state index contributed by atoms with van der Waals surface area (Å²) in [4.78, 5) is 0. The van der Waals surface area contributed by atoms with E-state index in [1.54, 1.807) is 18.2 Å². The van der Waals surface area contributed by atoms with Crippen molar-refractivity contribution < 1.29 is 9.84 Å². The lowest BCUT2D eigenvalue weighted by molar-refractivity contribution is 0.282. The molecule has 90 valence electrons. The Morgan fingerprint density at radius 1 is 1.19 bits per heavy atom. The number of aliphatic hydroxyl groups is 1. The highest BCUT2D eigenvalue weighted by molar-refractivity contribution is 6.37. The van der Waals surface area contributed by atoms with Gasteiger partial charge in [-0.15, -0.1) is 0 Å². The molecule has 0 amide bonds. The van der Waals surface area contributed by atoms with Crippen LogP contribution in [-0.2, 0) is 0 Å². The summed E-state index contributed by atoms with van der Waals surface area (Å²) < 4.78 is 5.48. The monoisotopic (exact) mass is 263 g/mol. The Balaban J connectivity index is 2.26. The summed E-state index contributed by atoms with van der Waals surface area (Å²) >= 11 is 11.9. The lowest BCUT2D eigenvalue weighted by Gasteiger charge is -2.09. The molecule has 5 heteroatoms. The molecule has 0 aliphatic rings. The van der Waals surface area contributed by atoms with Crippen molar-refractivity contribution in [2.24, 2.45) is 0 Å². The first-order chi connectivity index (χ1) is 7.75. The predicted octanol–water partition coefficient (Wildman–Crippen LogP) is 2.34. The number of rotatable bonds is 7. The minimum atomic E-state index is 0.150. The Kier molecular flexibility index (Phi) is 6.57. The molecular weight excluding hydrogens is 249 g/mol. The molecule has 0 fully saturated rings. The molecule has 1 rings (SSSR count). The molecule has 1 aromatic rings. The third-order valence-electron chi connectivity index (χ3n) is 1.95. The van der Waals surface area contributed by atoms with Gasteiger partial charge >= 0.3 is 0 Å². The van der Waals surface area contributed by atoms with Gasteiger partial charge in [0, 0.05) is 6.54 Å². The second kappa shape index (κ2) is 7.74. The van der Waals surface area contributed by atoms with Crippen LogP contribution in [0.2, 0.25) is 10.0 Å². The van der Waals surface area contributed by atoms with Gasteiger partial charge in [0.2, 0.25) is 0 Å². The Morgan fingerprint density at radius 3 is 2.50 bits per heavy atom. The second-order valence-electron chi connectivity index (χ2n) is 3.23. The number of benzene rings is 1. The molecule has 0 aliphatic heterocycles. The summed E-state index contributed by atoms with van der Waals surface area (Å²) in [7, 11) is 0. The van der Waals surface area contributed by atoms with Crippen molar-refractivity contribution in [1.29, 1.82) is 0 Å². The smallest absolute Gasteiger partial charge is 0.156 e. The van der Waals surface area contributed by atoms with E-state index in [0.717, 1.165) is 13.0 Å². The zero-order valence-electron chi connectivity index (χ0n) is 8.88. The van der Waals surface area contributed by atoms with Gasteiger partial charge in [0.15, 0.2) is 5.75 Å². The van der Waals surface area contributed by atoms with Crippen molar-refractivity contribution in [3.8, 4) is 5.75 Å². The molecule has 0 heterocycles. The molecule has 0 atom stereocenters. The van der Waals surface area contributed by atoms with Crippen molar-refractivity contribution in [3.05, 3.63) is 28.2 Å². The van der Waals surface area contributed by atoms with Crippen LogP contribution in [0.15, 0.2) is 18.2 Å². The normalized spacial score (nSPS) is 10.4. The Hall–Kier alpha value is -0.480. The molecule has 0 unspecified atom stereocenters. The summed E-state index contributed by atoms with van der Waals surface area (Å²) in [5.41, 5.74) is 0. The fourth-order valence-corrected chi connectivity index (χ4v) is 1.70. The molecule has 0 aliphatic carbocycles. The number of aliphatic hydroxyl groups excluding tert-OH is 1. The van der Waals surface area contributed by atoms with Crippen molar-refractivity contribution >= 4 is 23.2 Å². The van der Waals surface area contributed by atoms with Crippen LogP contribution in [0.25, 0.3) is 0 Å². The van der Waals surface area contributed by atoms with E-state index < -0.39 is 0 Å². The molecule has 0 saturated heterocycles. The zero-order chi connectivity index (χ0) is 11.8. The van der Waals surface area contributed by atoms with Crippen LogP contribution in [-0.4, -0.2) is 31.4 Å². The number of hydrogen-bond donors (Lipinski definition) is 2. The van der Waals surface area contributed by atoms with E-state index in [2.05, 4.69) is 5.32 Å². The van der Waals surface area contributed by atoms with Gasteiger partial charge in [-0.2, -0.15) is 0 Å². The predicted molar refractivity (Wildman–Crippen MR) is 66.5 cm³/mol. The third kappa shape index (κ3) is 4.58. The molecule has 0 radical (unpaired) electrons. The topological polar surface area (TPSA) is 41.5 Å². The van der Waals surface area contributed by atoms with Gasteiger partial charge in [-0.3, -0.25) is 0 Å². The van der Waals surface area contributed by atoms with Crippen LogP contribution in [0.5, 0.6) is 5.75 Å². The van der Waals surface area contributed by atoms with Gasteiger partial charge in [-0.1, -0.05) is 29.3 Å². The number of hydrogen-bond acceptors (Lipinski definition) is 3. The molecular formula is C11H15Cl2NO2. The SMILES string of the molecule is OCCNCCCOc1c(Cl)cccc1Cl. The van der Waals surface area contributed by atoms with E-state index >= 15 is 0 Å². The average Bonchev–Trinajstić information content (AvgIpc) is 2.26. The van der Waals surface area contributed by atoms with E-state index in [1.807, 2.05) is 0 Å². The van der Waals surface area contributed by atoms with E-state index in [1.165, 1.54) is 0 Å². The standard InChI is InChI=1S/C11H15Cl2NO2/c12-9-3-1-4-10(13)11(9)16-8-2-5-14-6-7-15/h1,3-4,14-15H,2,5-8H2. The maximum atomic E-state index is 8.54. The van der Waals surface area contributed by atoms with Crippen LogP contribution in [0, 0.1) is 0 Å². The minimum absolute atomic E-state index is 0.150. The second-order valence-corrected chi connectivity index (χ2v) is 4.04. The molecule has 0 saturated carbocycles. The van der Waals surface area contributed by atoms with Crippen molar-refractivity contribution in [3.63, 3.8) is 0 Å². The highest BCUT2D eigenvalue weighted by atomic mass is 35.5. The zero-order valence-corrected chi connectivity index (χ0v) is 10.4. The van der Waals surface area contributed by atoms with Crippen LogP contribution < -0.4 is 10.1 Å². The summed E-state index contributed by atoms with van der Waals surface area (Å²) in [6.45, 7) is 2.09. The largest absolute Gasteiger partial charge is 0.490 e. The van der Waals surface area contributed by atoms with Gasteiger partial charge in [-0.25, -0.2) is 0 Å². The Morgan fingerprint density at radius 2 is 1.88 bits per heavy atom. The van der Waals surface area contributed by atoms with Crippen LogP contribution in [0.3, 0.4) is 0 Å². The fraction of sp³-hybridized carbons (Fsp3) is 0.455. The number of nitrogens with one attached hydrogen (secondary N) is 1. The Labute approximate surface area is 105 Å². The highest BCUT2D eigenvalue weighted by Gasteiger charge is 2.05. The van der Waals surface area contributed by atoms with E-state index in [0.29, 0.717) is 28.9 Å². The summed E-state index contributed by atoms with van der Waals surface area (Å²) in [6.07, 6.45) is 0.835. The molecule has 0 bridgehead atoms. The third-order valence-corrected chi connectivity index (χ3v) is 2.55. The first-order valence-corrected chi connectivity index (χ1v) is 5.89. The van der Waals surface area contributed by atoms with E-state index in [-0.39, 0.29) is 6.61 Å². The van der Waals surface area contributed by atoms with Crippen LogP contribution in [0.1, 0.15) is 6.42 Å². The Bertz CT molecular complexity index is 301. The van der Waals surface area contributed by atoms with E-state index in [9.17, 15) is 0 Å². The van der Waals surface area contributed by atoms with Gasteiger partial charge < -0.3 is 15.2 Å². The number of para-hydroxylation sites is 1. The van der Waals surface area contributed by atoms with Gasteiger partial charge in [0.05, 0.1) is 23.3 Å². The molecule has 16 heavy (non-hydrogen) atoms. The highest BCUT2D eigenvalue weighted by Crippen LogP contribution is 2.32. The van der Waals surface area contributed by atoms with Crippen LogP contribution >= 0.6 is 23.2 Å². The maximum absolute atomic E-state index is 8.54. The van der Waals surface area contributed by atoms with Gasteiger partial charge in [0.25, 0.3) is 0 Å². The quantitative estimate of drug-likeness (QED) is 0.743. The maximum Gasteiger partial charge on any atom is 0.156 e. The summed E-state index contributed by atoms with van der Waals surface area (Å²) in [5.74, 6) is 0.535. The number of halogens is 2. The molecule has 0 aromatic heterocycles. The lowest BCUT2D eigenvalue weighted by atomic mass is 10.3. The van der Waals surface area contributed by atoms with Crippen LogP contribution in [0.4, 0.5) is 0 Å². The molecule has 3 nitrogen and oxygen atoms in total. The first-order valence-electron chi connectivity index (χ1n) is 5.14. The fourth-order valence-electron chi connectivity index (χ4n) is 1.20. The minimum Gasteiger partial charge on any atom is -0.490 e. The van der Waals surface area contributed by atoms with Crippen molar-refractivity contribution in [1.82, 2.24) is 5.32 Å². The van der Waals surface area contributed by atoms with Crippen molar-refractivity contribution in [2.75, 3.05) is 26.3 Å². The summed E-state index contributed by atoms with van der Waals surface area (Å²) in [5, 5.41) is 12.6. The molecule has 2 N–H and O–H groups in total. The lowest BCUT2D eigenvalue weighted by Crippen LogP contribution is -2.20. The average molecular weight is 264 g/mol. The first kappa shape index (κ1) is 13.6. The molecule has 1 aromatic carbocycles. The van der Waals surface area contributed by atoms with Crippen molar-refractivity contribution in [2.45, 2.75) is 6.42 Å². The van der Waals surface area contributed by atoms with E-state index in [4.69, 9.17) is 33.0 Å². The summed E-state index contributed by atoms with van der Waals surface area (Å²) in [6, 6.07) is 5.26. The number of ether oxygens (including phenoxy) is 1. The van der Waals surface area contributed by atoms with Gasteiger partial charge in [0.1, 0.15) is 0 Å². The molecule has 0 spiro atoms.